The molecule has 1 saturated heterocycles. The largest absolute Gasteiger partial charge is 0.383 e. The van der Waals surface area contributed by atoms with E-state index in [1.165, 1.54) is 9.80 Å². The van der Waals surface area contributed by atoms with Gasteiger partial charge in [0.25, 0.3) is 11.1 Å². The average Bonchev–Trinajstić information content (AvgIpc) is 2.89. The van der Waals surface area contributed by atoms with Crippen molar-refractivity contribution in [1.82, 2.24) is 4.90 Å². The molecule has 0 radical (unpaired) electrons. The van der Waals surface area contributed by atoms with Crippen LogP contribution in [0.25, 0.3) is 6.08 Å². The molecule has 0 saturated carbocycles. The summed E-state index contributed by atoms with van der Waals surface area (Å²) in [7, 11) is 1.55. The molecule has 3 rings (SSSR count). The van der Waals surface area contributed by atoms with Crippen molar-refractivity contribution < 1.29 is 14.3 Å². The standard InChI is InChI=1S/C19H17NO3S2/c1-23-12-11-20-18(21)17(25-19(20)22)13-14-7-9-16(10-8-14)24-15-5-3-2-4-6-15/h2-10,13H,11-12H2,1H3/b17-13+. The fourth-order valence-corrected chi connectivity index (χ4v) is 3.99. The number of thioether (sulfide) groups is 1. The smallest absolute Gasteiger partial charge is 0.293 e. The molecule has 6 heteroatoms. The van der Waals surface area contributed by atoms with Crippen LogP contribution >= 0.6 is 23.5 Å². The van der Waals surface area contributed by atoms with Crippen molar-refractivity contribution in [3.8, 4) is 0 Å². The van der Waals surface area contributed by atoms with Gasteiger partial charge in [0, 0.05) is 16.9 Å². The predicted molar refractivity (Wildman–Crippen MR) is 102 cm³/mol. The maximum Gasteiger partial charge on any atom is 0.293 e. The SMILES string of the molecule is COCCN1C(=O)S/C(=C/c2ccc(Sc3ccccc3)cc2)C1=O. The predicted octanol–water partition coefficient (Wildman–Crippen LogP) is 4.52. The van der Waals surface area contributed by atoms with Gasteiger partial charge in [0.2, 0.25) is 0 Å². The maximum atomic E-state index is 12.3. The van der Waals surface area contributed by atoms with Crippen LogP contribution in [0, 0.1) is 0 Å². The molecule has 0 bridgehead atoms. The molecular formula is C19H17NO3S2. The molecule has 2 aromatic rings. The number of amides is 2. The Morgan fingerprint density at radius 3 is 2.40 bits per heavy atom. The van der Waals surface area contributed by atoms with Crippen LogP contribution in [0.2, 0.25) is 0 Å². The highest BCUT2D eigenvalue weighted by atomic mass is 32.2. The molecule has 1 heterocycles. The van der Waals surface area contributed by atoms with Gasteiger partial charge in [0.05, 0.1) is 18.1 Å². The molecule has 0 aliphatic carbocycles. The van der Waals surface area contributed by atoms with Gasteiger partial charge in [-0.1, -0.05) is 42.1 Å². The third kappa shape index (κ3) is 4.54. The number of methoxy groups -OCH3 is 1. The third-order valence-corrected chi connectivity index (χ3v) is 5.47. The van der Waals surface area contributed by atoms with Gasteiger partial charge >= 0.3 is 0 Å². The molecule has 0 aromatic heterocycles. The van der Waals surface area contributed by atoms with Crippen molar-refractivity contribution >= 4 is 40.7 Å². The van der Waals surface area contributed by atoms with E-state index in [4.69, 9.17) is 4.74 Å². The van der Waals surface area contributed by atoms with E-state index in [1.54, 1.807) is 24.9 Å². The first-order valence-electron chi connectivity index (χ1n) is 7.74. The van der Waals surface area contributed by atoms with Gasteiger partial charge in [-0.25, -0.2) is 0 Å². The lowest BCUT2D eigenvalue weighted by atomic mass is 10.2. The molecule has 4 nitrogen and oxygen atoms in total. The highest BCUT2D eigenvalue weighted by molar-refractivity contribution is 8.18. The monoisotopic (exact) mass is 371 g/mol. The van der Waals surface area contributed by atoms with Crippen molar-refractivity contribution in [2.24, 2.45) is 0 Å². The Balaban J connectivity index is 1.69. The molecule has 0 spiro atoms. The molecule has 1 fully saturated rings. The summed E-state index contributed by atoms with van der Waals surface area (Å²) in [6.45, 7) is 0.627. The van der Waals surface area contributed by atoms with Gasteiger partial charge < -0.3 is 4.74 Å². The van der Waals surface area contributed by atoms with Crippen LogP contribution in [0.3, 0.4) is 0 Å². The van der Waals surface area contributed by atoms with Gasteiger partial charge in [-0.2, -0.15) is 0 Å². The van der Waals surface area contributed by atoms with Crippen LogP contribution < -0.4 is 0 Å². The van der Waals surface area contributed by atoms with Crippen LogP contribution in [0.4, 0.5) is 4.79 Å². The Bertz CT molecular complexity index is 788. The number of ether oxygens (including phenoxy) is 1. The lowest BCUT2D eigenvalue weighted by Gasteiger charge is -2.10. The lowest BCUT2D eigenvalue weighted by Crippen LogP contribution is -2.31. The summed E-state index contributed by atoms with van der Waals surface area (Å²) < 4.78 is 4.94. The second kappa shape index (κ2) is 8.38. The number of hydrogen-bond donors (Lipinski definition) is 0. The number of imide groups is 1. The van der Waals surface area contributed by atoms with E-state index in [9.17, 15) is 9.59 Å². The summed E-state index contributed by atoms with van der Waals surface area (Å²) in [5.74, 6) is -0.255. The summed E-state index contributed by atoms with van der Waals surface area (Å²) in [6.07, 6.45) is 1.76. The fourth-order valence-electron chi connectivity index (χ4n) is 2.28. The third-order valence-electron chi connectivity index (χ3n) is 3.55. The van der Waals surface area contributed by atoms with E-state index in [-0.39, 0.29) is 17.7 Å². The van der Waals surface area contributed by atoms with Crippen molar-refractivity contribution in [2.45, 2.75) is 9.79 Å². The van der Waals surface area contributed by atoms with Gasteiger partial charge in [-0.05, 0) is 47.7 Å². The zero-order valence-electron chi connectivity index (χ0n) is 13.7. The first-order valence-corrected chi connectivity index (χ1v) is 9.38. The van der Waals surface area contributed by atoms with Crippen molar-refractivity contribution in [1.29, 1.82) is 0 Å². The van der Waals surface area contributed by atoms with Gasteiger partial charge in [-0.3, -0.25) is 14.5 Å². The van der Waals surface area contributed by atoms with Crippen LogP contribution in [-0.2, 0) is 9.53 Å². The molecule has 128 valence electrons. The summed E-state index contributed by atoms with van der Waals surface area (Å²) in [5.41, 5.74) is 0.898. The minimum atomic E-state index is -0.255. The molecule has 1 aliphatic rings. The molecule has 0 atom stereocenters. The van der Waals surface area contributed by atoms with E-state index < -0.39 is 0 Å². The minimum Gasteiger partial charge on any atom is -0.383 e. The molecule has 0 N–H and O–H groups in total. The Hall–Kier alpha value is -2.02. The fraction of sp³-hybridized carbons (Fsp3) is 0.158. The lowest BCUT2D eigenvalue weighted by molar-refractivity contribution is -0.123. The Morgan fingerprint density at radius 1 is 1.04 bits per heavy atom. The Kier molecular flexibility index (Phi) is 5.96. The first kappa shape index (κ1) is 17.8. The number of benzene rings is 2. The first-order chi connectivity index (χ1) is 12.2. The average molecular weight is 371 g/mol. The van der Waals surface area contributed by atoms with E-state index in [2.05, 4.69) is 12.1 Å². The molecule has 1 aliphatic heterocycles. The van der Waals surface area contributed by atoms with E-state index in [0.29, 0.717) is 11.5 Å². The molecule has 25 heavy (non-hydrogen) atoms. The van der Waals surface area contributed by atoms with Crippen molar-refractivity contribution in [3.05, 3.63) is 65.1 Å². The minimum absolute atomic E-state index is 0.246. The molecule has 2 aromatic carbocycles. The quantitative estimate of drug-likeness (QED) is 0.699. The van der Waals surface area contributed by atoms with Gasteiger partial charge in [-0.15, -0.1) is 0 Å². The summed E-state index contributed by atoms with van der Waals surface area (Å²) in [6, 6.07) is 18.1. The normalized spacial score (nSPS) is 16.0. The highest BCUT2D eigenvalue weighted by Crippen LogP contribution is 2.33. The molecule has 0 unspecified atom stereocenters. The number of carbonyl (C=O) groups is 2. The van der Waals surface area contributed by atoms with Crippen LogP contribution in [0.15, 0.2) is 69.3 Å². The van der Waals surface area contributed by atoms with Crippen molar-refractivity contribution in [3.63, 3.8) is 0 Å². The number of carbonyl (C=O) groups excluding carboxylic acids is 2. The van der Waals surface area contributed by atoms with Crippen LogP contribution in [0.1, 0.15) is 5.56 Å². The summed E-state index contributed by atoms with van der Waals surface area (Å²) >= 11 is 2.65. The second-order valence-electron chi connectivity index (χ2n) is 5.31. The van der Waals surface area contributed by atoms with Crippen molar-refractivity contribution in [2.75, 3.05) is 20.3 Å². The van der Waals surface area contributed by atoms with Crippen LogP contribution in [0.5, 0.6) is 0 Å². The molecular weight excluding hydrogens is 354 g/mol. The summed E-state index contributed by atoms with van der Waals surface area (Å²) in [4.78, 5) is 28.2. The Labute approximate surface area is 155 Å². The summed E-state index contributed by atoms with van der Waals surface area (Å²) in [5, 5.41) is -0.246. The zero-order chi connectivity index (χ0) is 17.6. The zero-order valence-corrected chi connectivity index (χ0v) is 15.3. The van der Waals surface area contributed by atoms with E-state index in [0.717, 1.165) is 22.2 Å². The highest BCUT2D eigenvalue weighted by Gasteiger charge is 2.34. The number of hydrogen-bond acceptors (Lipinski definition) is 5. The number of rotatable bonds is 6. The second-order valence-corrected chi connectivity index (χ2v) is 7.45. The Morgan fingerprint density at radius 2 is 1.72 bits per heavy atom. The van der Waals surface area contributed by atoms with Crippen LogP contribution in [-0.4, -0.2) is 36.3 Å². The van der Waals surface area contributed by atoms with Gasteiger partial charge in [0.15, 0.2) is 0 Å². The maximum absolute atomic E-state index is 12.3. The molecule has 2 amide bonds. The number of nitrogens with zero attached hydrogens (tertiary/aromatic N) is 1. The van der Waals surface area contributed by atoms with E-state index in [1.807, 2.05) is 42.5 Å². The van der Waals surface area contributed by atoms with E-state index >= 15 is 0 Å². The van der Waals surface area contributed by atoms with Gasteiger partial charge in [0.1, 0.15) is 0 Å². The topological polar surface area (TPSA) is 46.6 Å².